The average Bonchev–Trinajstić information content (AvgIpc) is 2.53. The van der Waals surface area contributed by atoms with Crippen LogP contribution in [0.2, 0.25) is 0 Å². The number of urea groups is 1. The molecule has 0 aromatic heterocycles. The Morgan fingerprint density at radius 3 is 2.08 bits per heavy atom. The summed E-state index contributed by atoms with van der Waals surface area (Å²) in [5.41, 5.74) is 0.137. The summed E-state index contributed by atoms with van der Waals surface area (Å²) in [6.45, 7) is 3.53. The molecule has 6 bridgehead atoms. The molecular formula is C22H37N3O. The van der Waals surface area contributed by atoms with E-state index in [0.717, 1.165) is 30.6 Å². The zero-order valence-corrected chi connectivity index (χ0v) is 16.5. The summed E-state index contributed by atoms with van der Waals surface area (Å²) >= 11 is 0. The molecule has 0 unspecified atom stereocenters. The molecule has 0 radical (unpaired) electrons. The SMILES string of the molecule is CCCN1[C@H]2CCC[C@H]1CC(NC(=O)NC13CC4CC(CC(C4)C1)C3)C2. The van der Waals surface area contributed by atoms with E-state index >= 15 is 0 Å². The Labute approximate surface area is 158 Å². The molecular weight excluding hydrogens is 322 g/mol. The molecule has 6 fully saturated rings. The Kier molecular flexibility index (Phi) is 4.46. The Morgan fingerprint density at radius 2 is 1.54 bits per heavy atom. The van der Waals surface area contributed by atoms with Crippen molar-refractivity contribution in [2.24, 2.45) is 17.8 Å². The number of rotatable bonds is 4. The van der Waals surface area contributed by atoms with E-state index in [-0.39, 0.29) is 11.6 Å². The smallest absolute Gasteiger partial charge is 0.315 e. The van der Waals surface area contributed by atoms with Gasteiger partial charge < -0.3 is 10.6 Å². The van der Waals surface area contributed by atoms with E-state index in [1.54, 1.807) is 0 Å². The third kappa shape index (κ3) is 3.16. The minimum Gasteiger partial charge on any atom is -0.335 e. The minimum absolute atomic E-state index is 0.137. The molecule has 4 aliphatic carbocycles. The first kappa shape index (κ1) is 17.3. The molecule has 6 rings (SSSR count). The molecule has 4 heteroatoms. The fraction of sp³-hybridized carbons (Fsp3) is 0.955. The summed E-state index contributed by atoms with van der Waals surface area (Å²) < 4.78 is 0. The predicted octanol–water partition coefficient (Wildman–Crippen LogP) is 4.05. The molecule has 2 aliphatic heterocycles. The fourth-order valence-electron chi connectivity index (χ4n) is 7.95. The van der Waals surface area contributed by atoms with Crippen LogP contribution in [0.25, 0.3) is 0 Å². The maximum atomic E-state index is 12.9. The van der Waals surface area contributed by atoms with Crippen LogP contribution in [0.15, 0.2) is 0 Å². The minimum atomic E-state index is 0.137. The highest BCUT2D eigenvalue weighted by molar-refractivity contribution is 5.75. The van der Waals surface area contributed by atoms with Gasteiger partial charge in [-0.25, -0.2) is 4.79 Å². The molecule has 2 atom stereocenters. The lowest BCUT2D eigenvalue weighted by atomic mass is 9.53. The Morgan fingerprint density at radius 1 is 0.962 bits per heavy atom. The Bertz CT molecular complexity index is 498. The second-order valence-corrected chi connectivity index (χ2v) is 10.4. The number of hydrogen-bond donors (Lipinski definition) is 2. The number of piperidine rings is 2. The molecule has 26 heavy (non-hydrogen) atoms. The standard InChI is InChI=1S/C22H37N3O/c1-2-6-25-19-4-3-5-20(25)11-18(10-19)23-21(26)24-22-12-15-7-16(13-22)9-17(8-15)14-22/h15-20H,2-14H2,1H3,(H2,23,24,26)/t15?,16?,17?,19-,20-,22?/m0/s1. The second kappa shape index (κ2) is 6.68. The number of nitrogens with zero attached hydrogens (tertiary/aromatic N) is 1. The molecule has 2 amide bonds. The van der Waals surface area contributed by atoms with Crippen LogP contribution in [-0.4, -0.2) is 41.1 Å². The van der Waals surface area contributed by atoms with E-state index < -0.39 is 0 Å². The quantitative estimate of drug-likeness (QED) is 0.795. The van der Waals surface area contributed by atoms with E-state index in [1.807, 2.05) is 0 Å². The lowest BCUT2D eigenvalue weighted by Crippen LogP contribution is -2.63. The Balaban J connectivity index is 1.19. The molecule has 4 nitrogen and oxygen atoms in total. The van der Waals surface area contributed by atoms with Gasteiger partial charge >= 0.3 is 6.03 Å². The number of carbonyl (C=O) groups excluding carboxylic acids is 1. The first-order valence-corrected chi connectivity index (χ1v) is 11.5. The van der Waals surface area contributed by atoms with E-state index in [2.05, 4.69) is 22.5 Å². The van der Waals surface area contributed by atoms with E-state index in [0.29, 0.717) is 18.1 Å². The van der Waals surface area contributed by atoms with Crippen molar-refractivity contribution >= 4 is 6.03 Å². The van der Waals surface area contributed by atoms with Crippen LogP contribution in [0.4, 0.5) is 4.79 Å². The van der Waals surface area contributed by atoms with E-state index in [9.17, 15) is 4.79 Å². The van der Waals surface area contributed by atoms with Crippen LogP contribution in [0.5, 0.6) is 0 Å². The highest BCUT2D eigenvalue weighted by Crippen LogP contribution is 2.55. The topological polar surface area (TPSA) is 44.4 Å². The number of carbonyl (C=O) groups is 1. The third-order valence-corrected chi connectivity index (χ3v) is 8.36. The maximum Gasteiger partial charge on any atom is 0.315 e. The van der Waals surface area contributed by atoms with Crippen LogP contribution < -0.4 is 10.6 Å². The normalized spacial score (nSPS) is 47.0. The van der Waals surface area contributed by atoms with Crippen LogP contribution in [-0.2, 0) is 0 Å². The van der Waals surface area contributed by atoms with Crippen molar-refractivity contribution in [3.63, 3.8) is 0 Å². The summed E-state index contributed by atoms with van der Waals surface area (Å²) in [6, 6.07) is 1.92. The lowest BCUT2D eigenvalue weighted by molar-refractivity contribution is -0.0144. The number of fused-ring (bicyclic) bond motifs is 2. The zero-order chi connectivity index (χ0) is 17.7. The molecule has 2 saturated heterocycles. The van der Waals surface area contributed by atoms with Gasteiger partial charge in [-0.3, -0.25) is 4.90 Å². The Hall–Kier alpha value is -0.770. The fourth-order valence-corrected chi connectivity index (χ4v) is 7.95. The molecule has 0 aromatic rings. The van der Waals surface area contributed by atoms with Gasteiger partial charge in [-0.1, -0.05) is 13.3 Å². The summed E-state index contributed by atoms with van der Waals surface area (Å²) in [5.74, 6) is 2.66. The number of amides is 2. The van der Waals surface area contributed by atoms with Crippen molar-refractivity contribution < 1.29 is 4.79 Å². The van der Waals surface area contributed by atoms with Gasteiger partial charge in [0.15, 0.2) is 0 Å². The van der Waals surface area contributed by atoms with Crippen molar-refractivity contribution in [2.45, 2.75) is 108 Å². The number of nitrogens with one attached hydrogen (secondary N) is 2. The molecule has 0 aromatic carbocycles. The largest absolute Gasteiger partial charge is 0.335 e. The van der Waals surface area contributed by atoms with Crippen molar-refractivity contribution in [1.29, 1.82) is 0 Å². The van der Waals surface area contributed by atoms with Crippen LogP contribution in [0.3, 0.4) is 0 Å². The third-order valence-electron chi connectivity index (χ3n) is 8.36. The second-order valence-electron chi connectivity index (χ2n) is 10.4. The predicted molar refractivity (Wildman–Crippen MR) is 104 cm³/mol. The molecule has 6 aliphatic rings. The highest BCUT2D eigenvalue weighted by atomic mass is 16.2. The zero-order valence-electron chi connectivity index (χ0n) is 16.5. The van der Waals surface area contributed by atoms with Crippen molar-refractivity contribution in [2.75, 3.05) is 6.54 Å². The number of hydrogen-bond acceptors (Lipinski definition) is 2. The van der Waals surface area contributed by atoms with E-state index in [1.165, 1.54) is 70.8 Å². The molecule has 0 spiro atoms. The van der Waals surface area contributed by atoms with Gasteiger partial charge in [0.1, 0.15) is 0 Å². The summed E-state index contributed by atoms with van der Waals surface area (Å²) in [7, 11) is 0. The maximum absolute atomic E-state index is 12.9. The van der Waals surface area contributed by atoms with Crippen LogP contribution in [0, 0.1) is 17.8 Å². The van der Waals surface area contributed by atoms with Gasteiger partial charge in [0, 0.05) is 23.7 Å². The van der Waals surface area contributed by atoms with Crippen LogP contribution >= 0.6 is 0 Å². The van der Waals surface area contributed by atoms with Crippen molar-refractivity contribution in [1.82, 2.24) is 15.5 Å². The molecule has 2 heterocycles. The van der Waals surface area contributed by atoms with Gasteiger partial charge in [-0.05, 0) is 94.9 Å². The molecule has 146 valence electrons. The van der Waals surface area contributed by atoms with Crippen LogP contribution in [0.1, 0.15) is 84.0 Å². The lowest BCUT2D eigenvalue weighted by Gasteiger charge is -2.57. The van der Waals surface area contributed by atoms with Gasteiger partial charge in [0.2, 0.25) is 0 Å². The van der Waals surface area contributed by atoms with Gasteiger partial charge in [-0.15, -0.1) is 0 Å². The summed E-state index contributed by atoms with van der Waals surface area (Å²) in [6.07, 6.45) is 15.6. The highest BCUT2D eigenvalue weighted by Gasteiger charge is 2.51. The van der Waals surface area contributed by atoms with Gasteiger partial charge in [0.25, 0.3) is 0 Å². The van der Waals surface area contributed by atoms with E-state index in [4.69, 9.17) is 0 Å². The summed E-state index contributed by atoms with van der Waals surface area (Å²) in [4.78, 5) is 15.6. The average molecular weight is 360 g/mol. The summed E-state index contributed by atoms with van der Waals surface area (Å²) in [5, 5.41) is 6.92. The first-order valence-electron chi connectivity index (χ1n) is 11.5. The molecule has 4 saturated carbocycles. The van der Waals surface area contributed by atoms with Gasteiger partial charge in [-0.2, -0.15) is 0 Å². The van der Waals surface area contributed by atoms with Gasteiger partial charge in [0.05, 0.1) is 0 Å². The first-order chi connectivity index (χ1) is 12.6. The van der Waals surface area contributed by atoms with Crippen molar-refractivity contribution in [3.8, 4) is 0 Å². The van der Waals surface area contributed by atoms with Crippen molar-refractivity contribution in [3.05, 3.63) is 0 Å². The monoisotopic (exact) mass is 359 g/mol. The molecule has 2 N–H and O–H groups in total.